The van der Waals surface area contributed by atoms with Crippen LogP contribution < -0.4 is 9.64 Å². The number of aromatic nitrogens is 4. The number of nitrogens with one attached hydrogen (secondary N) is 1. The maximum atomic E-state index is 6.30. The van der Waals surface area contributed by atoms with E-state index in [1.165, 1.54) is 0 Å². The van der Waals surface area contributed by atoms with Gasteiger partial charge in [-0.15, -0.1) is 0 Å². The number of nitrogens with zero attached hydrogens (tertiary/aromatic N) is 4. The molecule has 1 saturated heterocycles. The van der Waals surface area contributed by atoms with Gasteiger partial charge in [0.25, 0.3) is 0 Å². The maximum Gasteiger partial charge on any atom is 0.154 e. The third kappa shape index (κ3) is 2.50. The number of piperidine rings is 1. The first-order valence-electron chi connectivity index (χ1n) is 8.64. The molecule has 1 aliphatic heterocycles. The van der Waals surface area contributed by atoms with Gasteiger partial charge >= 0.3 is 0 Å². The van der Waals surface area contributed by atoms with Gasteiger partial charge in [0.2, 0.25) is 0 Å². The van der Waals surface area contributed by atoms with Crippen LogP contribution in [-0.2, 0) is 0 Å². The van der Waals surface area contributed by atoms with E-state index in [0.29, 0.717) is 0 Å². The molecule has 1 aromatic carbocycles. The average molecular weight is 333 g/mol. The number of benzene rings is 1. The van der Waals surface area contributed by atoms with E-state index in [1.54, 1.807) is 0 Å². The highest BCUT2D eigenvalue weighted by Gasteiger charge is 2.23. The molecule has 4 heterocycles. The summed E-state index contributed by atoms with van der Waals surface area (Å²) in [5.41, 5.74) is 2.17. The summed E-state index contributed by atoms with van der Waals surface area (Å²) in [6.07, 6.45) is 9.67. The number of H-pyrrole nitrogens is 1. The van der Waals surface area contributed by atoms with Crippen molar-refractivity contribution in [1.29, 1.82) is 0 Å². The molecule has 1 aliphatic rings. The zero-order valence-electron chi connectivity index (χ0n) is 13.8. The fourth-order valence-corrected chi connectivity index (χ4v) is 3.61. The average Bonchev–Trinajstić information content (AvgIpc) is 3.32. The number of rotatable bonds is 3. The van der Waals surface area contributed by atoms with E-state index in [4.69, 9.17) is 4.74 Å². The van der Waals surface area contributed by atoms with Gasteiger partial charge < -0.3 is 14.6 Å². The van der Waals surface area contributed by atoms with E-state index in [-0.39, 0.29) is 6.10 Å². The van der Waals surface area contributed by atoms with Crippen molar-refractivity contribution in [2.24, 2.45) is 0 Å². The van der Waals surface area contributed by atoms with E-state index in [1.807, 2.05) is 41.4 Å². The molecule has 3 aromatic heterocycles. The zero-order valence-corrected chi connectivity index (χ0v) is 13.8. The monoisotopic (exact) mass is 333 g/mol. The summed E-state index contributed by atoms with van der Waals surface area (Å²) in [4.78, 5) is 10.1. The quantitative estimate of drug-likeness (QED) is 0.625. The lowest BCUT2D eigenvalue weighted by Gasteiger charge is -2.33. The fourth-order valence-electron chi connectivity index (χ4n) is 3.61. The second kappa shape index (κ2) is 5.81. The molecule has 6 heteroatoms. The summed E-state index contributed by atoms with van der Waals surface area (Å²) in [5.74, 6) is 1.97. The molecule has 0 saturated carbocycles. The van der Waals surface area contributed by atoms with Crippen LogP contribution in [0.5, 0.6) is 5.75 Å². The normalized spacial score (nSPS) is 15.9. The van der Waals surface area contributed by atoms with Crippen LogP contribution in [0.25, 0.3) is 16.4 Å². The molecule has 0 radical (unpaired) electrons. The Labute approximate surface area is 145 Å². The third-order valence-electron chi connectivity index (χ3n) is 4.89. The fraction of sp³-hybridized carbons (Fsp3) is 0.263. The van der Waals surface area contributed by atoms with Crippen molar-refractivity contribution in [3.63, 3.8) is 0 Å². The van der Waals surface area contributed by atoms with E-state index in [9.17, 15) is 0 Å². The predicted octanol–water partition coefficient (Wildman–Crippen LogP) is 3.26. The molecular formula is C19H19N5O. The number of anilines is 1. The van der Waals surface area contributed by atoms with Crippen LogP contribution in [0, 0.1) is 0 Å². The minimum atomic E-state index is 0.237. The molecule has 0 spiro atoms. The highest BCUT2D eigenvalue weighted by atomic mass is 16.5. The van der Waals surface area contributed by atoms with Gasteiger partial charge in [-0.3, -0.25) is 0 Å². The van der Waals surface area contributed by atoms with E-state index < -0.39 is 0 Å². The summed E-state index contributed by atoms with van der Waals surface area (Å²) >= 11 is 0. The van der Waals surface area contributed by atoms with Crippen molar-refractivity contribution in [2.45, 2.75) is 18.9 Å². The first-order valence-corrected chi connectivity index (χ1v) is 8.64. The Bertz CT molecular complexity index is 1010. The molecule has 0 unspecified atom stereocenters. The Morgan fingerprint density at radius 2 is 2.00 bits per heavy atom. The Morgan fingerprint density at radius 3 is 2.92 bits per heavy atom. The first kappa shape index (κ1) is 14.3. The number of aromatic amines is 1. The molecule has 5 rings (SSSR count). The molecule has 25 heavy (non-hydrogen) atoms. The minimum Gasteiger partial charge on any atom is -0.490 e. The molecule has 1 N–H and O–H groups in total. The summed E-state index contributed by atoms with van der Waals surface area (Å²) in [5, 5.41) is 5.44. The third-order valence-corrected chi connectivity index (χ3v) is 4.89. The summed E-state index contributed by atoms with van der Waals surface area (Å²) in [6, 6.07) is 10.2. The molecule has 1 fully saturated rings. The van der Waals surface area contributed by atoms with Crippen LogP contribution in [0.4, 0.5) is 5.82 Å². The van der Waals surface area contributed by atoms with Gasteiger partial charge in [-0.2, -0.15) is 5.10 Å². The second-order valence-electron chi connectivity index (χ2n) is 6.41. The smallest absolute Gasteiger partial charge is 0.154 e. The second-order valence-corrected chi connectivity index (χ2v) is 6.41. The number of fused-ring (bicyclic) bond motifs is 2. The van der Waals surface area contributed by atoms with Crippen LogP contribution in [0.2, 0.25) is 0 Å². The number of ether oxygens (including phenoxy) is 1. The maximum absolute atomic E-state index is 6.30. The molecule has 6 nitrogen and oxygen atoms in total. The molecule has 0 atom stereocenters. The molecular weight excluding hydrogens is 314 g/mol. The lowest BCUT2D eigenvalue weighted by Crippen LogP contribution is -2.38. The van der Waals surface area contributed by atoms with Crippen LogP contribution >= 0.6 is 0 Å². The lowest BCUT2D eigenvalue weighted by atomic mass is 10.1. The molecule has 0 amide bonds. The standard InChI is InChI=1S/C19H19N5O/c1-2-16-15(4-8-20-16)18(3-1)25-14-6-11-23(12-7-14)19-17-5-9-22-24(17)13-10-21-19/h1-5,8-10,13-14,20H,6-7,11-12H2. The van der Waals surface area contributed by atoms with Crippen LogP contribution in [-0.4, -0.2) is 38.8 Å². The topological polar surface area (TPSA) is 58.4 Å². The van der Waals surface area contributed by atoms with Crippen molar-refractivity contribution < 1.29 is 4.74 Å². The minimum absolute atomic E-state index is 0.237. The van der Waals surface area contributed by atoms with Gasteiger partial charge in [0.15, 0.2) is 5.82 Å². The van der Waals surface area contributed by atoms with Crippen molar-refractivity contribution in [2.75, 3.05) is 18.0 Å². The van der Waals surface area contributed by atoms with Crippen molar-refractivity contribution in [3.8, 4) is 5.75 Å². The van der Waals surface area contributed by atoms with Gasteiger partial charge in [-0.25, -0.2) is 9.50 Å². The summed E-state index contributed by atoms with van der Waals surface area (Å²) in [6.45, 7) is 1.87. The Balaban J connectivity index is 1.31. The first-order chi connectivity index (χ1) is 12.4. The summed E-state index contributed by atoms with van der Waals surface area (Å²) in [7, 11) is 0. The number of hydrogen-bond donors (Lipinski definition) is 1. The largest absolute Gasteiger partial charge is 0.490 e. The van der Waals surface area contributed by atoms with Gasteiger partial charge in [-0.05, 0) is 24.3 Å². The van der Waals surface area contributed by atoms with Gasteiger partial charge in [-0.1, -0.05) is 6.07 Å². The lowest BCUT2D eigenvalue weighted by molar-refractivity contribution is 0.173. The Morgan fingerprint density at radius 1 is 1.08 bits per heavy atom. The SMILES string of the molecule is c1cc(OC2CCN(c3nccn4nccc34)CC2)c2cc[nH]c2c1. The van der Waals surface area contributed by atoms with Gasteiger partial charge in [0, 0.05) is 55.4 Å². The van der Waals surface area contributed by atoms with Crippen molar-refractivity contribution in [1.82, 2.24) is 19.6 Å². The van der Waals surface area contributed by atoms with Crippen molar-refractivity contribution in [3.05, 3.63) is 55.1 Å². The van der Waals surface area contributed by atoms with E-state index in [2.05, 4.69) is 38.2 Å². The van der Waals surface area contributed by atoms with Gasteiger partial charge in [0.1, 0.15) is 17.4 Å². The van der Waals surface area contributed by atoms with Crippen LogP contribution in [0.15, 0.2) is 55.1 Å². The number of hydrogen-bond acceptors (Lipinski definition) is 4. The molecule has 0 bridgehead atoms. The highest BCUT2D eigenvalue weighted by molar-refractivity contribution is 5.85. The van der Waals surface area contributed by atoms with E-state index in [0.717, 1.165) is 53.9 Å². The Hall–Kier alpha value is -3.02. The van der Waals surface area contributed by atoms with Crippen molar-refractivity contribution >= 4 is 22.2 Å². The molecule has 0 aliphatic carbocycles. The molecule has 126 valence electrons. The van der Waals surface area contributed by atoms with Crippen LogP contribution in [0.3, 0.4) is 0 Å². The summed E-state index contributed by atoms with van der Waals surface area (Å²) < 4.78 is 8.17. The predicted molar refractivity (Wildman–Crippen MR) is 97.1 cm³/mol. The molecule has 4 aromatic rings. The van der Waals surface area contributed by atoms with E-state index >= 15 is 0 Å². The Kier molecular flexibility index (Phi) is 3.33. The van der Waals surface area contributed by atoms with Crippen LogP contribution in [0.1, 0.15) is 12.8 Å². The highest BCUT2D eigenvalue weighted by Crippen LogP contribution is 2.29. The zero-order chi connectivity index (χ0) is 16.6. The van der Waals surface area contributed by atoms with Gasteiger partial charge in [0.05, 0.1) is 6.20 Å².